The summed E-state index contributed by atoms with van der Waals surface area (Å²) in [5, 5.41) is 0. The van der Waals surface area contributed by atoms with Gasteiger partial charge in [-0.15, -0.1) is 0 Å². The van der Waals surface area contributed by atoms with Crippen LogP contribution in [-0.4, -0.2) is 48.8 Å². The van der Waals surface area contributed by atoms with E-state index in [-0.39, 0.29) is 17.6 Å². The highest BCUT2D eigenvalue weighted by Gasteiger charge is 2.26. The number of amides is 1. The third-order valence-electron chi connectivity index (χ3n) is 5.42. The fourth-order valence-electron chi connectivity index (χ4n) is 3.80. The number of halogens is 1. The van der Waals surface area contributed by atoms with Gasteiger partial charge in [-0.25, -0.2) is 19.3 Å². The number of nitrogens with zero attached hydrogens (tertiary/aromatic N) is 5. The van der Waals surface area contributed by atoms with E-state index in [0.717, 1.165) is 24.2 Å². The van der Waals surface area contributed by atoms with Crippen molar-refractivity contribution in [3.05, 3.63) is 72.2 Å². The summed E-state index contributed by atoms with van der Waals surface area (Å²) in [6, 6.07) is 10.1. The lowest BCUT2D eigenvalue weighted by Crippen LogP contribution is -2.38. The Morgan fingerprint density at radius 1 is 1.07 bits per heavy atom. The van der Waals surface area contributed by atoms with Gasteiger partial charge >= 0.3 is 0 Å². The number of fused-ring (bicyclic) bond motifs is 1. The van der Waals surface area contributed by atoms with Gasteiger partial charge in [0, 0.05) is 37.6 Å². The van der Waals surface area contributed by atoms with Crippen LogP contribution in [0.2, 0.25) is 0 Å². The Morgan fingerprint density at radius 2 is 1.87 bits per heavy atom. The summed E-state index contributed by atoms with van der Waals surface area (Å²) in [7, 11) is 0. The van der Waals surface area contributed by atoms with Gasteiger partial charge in [0.1, 0.15) is 17.3 Å². The molecule has 3 aromatic heterocycles. The second-order valence-corrected chi connectivity index (χ2v) is 7.36. The third-order valence-corrected chi connectivity index (χ3v) is 5.42. The number of carbonyl (C=O) groups is 1. The summed E-state index contributed by atoms with van der Waals surface area (Å²) in [5.74, 6) is 1.20. The van der Waals surface area contributed by atoms with Gasteiger partial charge in [0.25, 0.3) is 5.91 Å². The summed E-state index contributed by atoms with van der Waals surface area (Å²) < 4.78 is 13.4. The minimum atomic E-state index is -0.283. The SMILES string of the molecule is O=C(c1cnc(-c2ccccn2)nc1)N1CCC(c2nc3ccc(F)cc3[nH]2)CC1. The standard InChI is InChI=1S/C22H19FN6O/c23-16-4-5-17-19(11-16)28-20(27-17)14-6-9-29(10-7-14)22(30)15-12-25-21(26-13-15)18-3-1-2-8-24-18/h1-5,8,11-14H,6-7,9-10H2,(H,27,28). The first-order valence-electron chi connectivity index (χ1n) is 9.85. The summed E-state index contributed by atoms with van der Waals surface area (Å²) in [6.45, 7) is 1.24. The average molecular weight is 402 g/mol. The molecule has 1 N–H and O–H groups in total. The van der Waals surface area contributed by atoms with Crippen molar-refractivity contribution in [2.24, 2.45) is 0 Å². The van der Waals surface area contributed by atoms with E-state index < -0.39 is 0 Å². The molecule has 1 amide bonds. The van der Waals surface area contributed by atoms with Crippen LogP contribution >= 0.6 is 0 Å². The maximum absolute atomic E-state index is 13.4. The number of hydrogen-bond donors (Lipinski definition) is 1. The van der Waals surface area contributed by atoms with E-state index in [1.807, 2.05) is 23.1 Å². The molecule has 1 aliphatic rings. The van der Waals surface area contributed by atoms with Crippen molar-refractivity contribution in [3.8, 4) is 11.5 Å². The first-order chi connectivity index (χ1) is 14.7. The van der Waals surface area contributed by atoms with Crippen LogP contribution in [0.3, 0.4) is 0 Å². The second kappa shape index (κ2) is 7.62. The Kier molecular flexibility index (Phi) is 4.66. The molecule has 150 valence electrons. The highest BCUT2D eigenvalue weighted by Crippen LogP contribution is 2.28. The minimum absolute atomic E-state index is 0.0762. The maximum Gasteiger partial charge on any atom is 0.256 e. The van der Waals surface area contributed by atoms with Gasteiger partial charge in [0.2, 0.25) is 0 Å². The number of rotatable bonds is 3. The van der Waals surface area contributed by atoms with Crippen LogP contribution < -0.4 is 0 Å². The van der Waals surface area contributed by atoms with Gasteiger partial charge in [0.05, 0.1) is 16.6 Å². The predicted octanol–water partition coefficient (Wildman–Crippen LogP) is 3.57. The number of pyridine rings is 1. The number of hydrogen-bond acceptors (Lipinski definition) is 5. The van der Waals surface area contributed by atoms with E-state index >= 15 is 0 Å². The molecule has 0 radical (unpaired) electrons. The van der Waals surface area contributed by atoms with Gasteiger partial charge in [0.15, 0.2) is 5.82 Å². The smallest absolute Gasteiger partial charge is 0.256 e. The number of likely N-dealkylation sites (tertiary alicyclic amines) is 1. The number of benzene rings is 1. The molecule has 0 aliphatic carbocycles. The van der Waals surface area contributed by atoms with Crippen molar-refractivity contribution >= 4 is 16.9 Å². The van der Waals surface area contributed by atoms with Crippen LogP contribution in [0.1, 0.15) is 34.9 Å². The Bertz CT molecular complexity index is 1180. The summed E-state index contributed by atoms with van der Waals surface area (Å²) in [5.41, 5.74) is 2.60. The van der Waals surface area contributed by atoms with Crippen LogP contribution in [0.25, 0.3) is 22.6 Å². The Labute approximate surface area is 172 Å². The molecule has 0 bridgehead atoms. The average Bonchev–Trinajstić information content (AvgIpc) is 3.23. The van der Waals surface area contributed by atoms with Gasteiger partial charge in [-0.3, -0.25) is 9.78 Å². The van der Waals surface area contributed by atoms with Crippen LogP contribution in [0, 0.1) is 5.82 Å². The minimum Gasteiger partial charge on any atom is -0.342 e. The van der Waals surface area contributed by atoms with E-state index in [0.29, 0.717) is 35.7 Å². The molecule has 1 saturated heterocycles. The lowest BCUT2D eigenvalue weighted by atomic mass is 9.96. The fraction of sp³-hybridized carbons (Fsp3) is 0.227. The van der Waals surface area contributed by atoms with Crippen molar-refractivity contribution in [1.29, 1.82) is 0 Å². The number of aromatic amines is 1. The summed E-state index contributed by atoms with van der Waals surface area (Å²) in [4.78, 5) is 35.3. The van der Waals surface area contributed by atoms with E-state index in [9.17, 15) is 9.18 Å². The normalized spacial score (nSPS) is 14.9. The summed E-state index contributed by atoms with van der Waals surface area (Å²) >= 11 is 0. The molecule has 0 unspecified atom stereocenters. The van der Waals surface area contributed by atoms with Crippen molar-refractivity contribution in [2.45, 2.75) is 18.8 Å². The number of aromatic nitrogens is 5. The van der Waals surface area contributed by atoms with E-state index in [1.165, 1.54) is 12.1 Å². The molecule has 1 fully saturated rings. The Balaban J connectivity index is 1.25. The fourth-order valence-corrected chi connectivity index (χ4v) is 3.80. The number of imidazole rings is 1. The molecule has 0 spiro atoms. The Morgan fingerprint density at radius 3 is 2.60 bits per heavy atom. The van der Waals surface area contributed by atoms with Crippen LogP contribution in [-0.2, 0) is 0 Å². The van der Waals surface area contributed by atoms with Crippen LogP contribution in [0.4, 0.5) is 4.39 Å². The van der Waals surface area contributed by atoms with E-state index in [2.05, 4.69) is 24.9 Å². The monoisotopic (exact) mass is 402 g/mol. The highest BCUT2D eigenvalue weighted by atomic mass is 19.1. The van der Waals surface area contributed by atoms with Gasteiger partial charge in [-0.1, -0.05) is 6.07 Å². The molecule has 4 aromatic rings. The molecule has 30 heavy (non-hydrogen) atoms. The molecular formula is C22H19FN6O. The Hall–Kier alpha value is -3.68. The number of H-pyrrole nitrogens is 1. The molecule has 8 heteroatoms. The largest absolute Gasteiger partial charge is 0.342 e. The highest BCUT2D eigenvalue weighted by molar-refractivity contribution is 5.93. The number of carbonyl (C=O) groups excluding carboxylic acids is 1. The van der Waals surface area contributed by atoms with Crippen molar-refractivity contribution in [1.82, 2.24) is 29.8 Å². The lowest BCUT2D eigenvalue weighted by molar-refractivity contribution is 0.0710. The first-order valence-corrected chi connectivity index (χ1v) is 9.85. The second-order valence-electron chi connectivity index (χ2n) is 7.36. The molecule has 0 atom stereocenters. The van der Waals surface area contributed by atoms with Crippen LogP contribution in [0.15, 0.2) is 55.0 Å². The third kappa shape index (κ3) is 3.52. The number of nitrogens with one attached hydrogen (secondary N) is 1. The zero-order valence-electron chi connectivity index (χ0n) is 16.1. The number of piperidine rings is 1. The van der Waals surface area contributed by atoms with Crippen molar-refractivity contribution < 1.29 is 9.18 Å². The lowest BCUT2D eigenvalue weighted by Gasteiger charge is -2.31. The predicted molar refractivity (Wildman–Crippen MR) is 109 cm³/mol. The topological polar surface area (TPSA) is 87.7 Å². The zero-order chi connectivity index (χ0) is 20.5. The van der Waals surface area contributed by atoms with Crippen molar-refractivity contribution in [2.75, 3.05) is 13.1 Å². The molecule has 1 aromatic carbocycles. The molecule has 1 aliphatic heterocycles. The van der Waals surface area contributed by atoms with Gasteiger partial charge in [-0.2, -0.15) is 0 Å². The molecule has 7 nitrogen and oxygen atoms in total. The van der Waals surface area contributed by atoms with Crippen molar-refractivity contribution in [3.63, 3.8) is 0 Å². The first kappa shape index (κ1) is 18.4. The summed E-state index contributed by atoms with van der Waals surface area (Å²) in [6.07, 6.45) is 6.38. The maximum atomic E-state index is 13.4. The molecule has 0 saturated carbocycles. The van der Waals surface area contributed by atoms with Crippen LogP contribution in [0.5, 0.6) is 0 Å². The van der Waals surface area contributed by atoms with E-state index in [4.69, 9.17) is 0 Å². The quantitative estimate of drug-likeness (QED) is 0.566. The molecule has 4 heterocycles. The molecular weight excluding hydrogens is 383 g/mol. The van der Waals surface area contributed by atoms with Gasteiger partial charge in [-0.05, 0) is 43.2 Å². The zero-order valence-corrected chi connectivity index (χ0v) is 16.1. The molecule has 5 rings (SSSR count). The van der Waals surface area contributed by atoms with E-state index in [1.54, 1.807) is 24.7 Å². The van der Waals surface area contributed by atoms with Gasteiger partial charge < -0.3 is 9.88 Å².